The molecule has 7 heteroatoms. The fourth-order valence-corrected chi connectivity index (χ4v) is 3.49. The van der Waals surface area contributed by atoms with Crippen molar-refractivity contribution in [2.24, 2.45) is 0 Å². The van der Waals surface area contributed by atoms with Crippen LogP contribution < -0.4 is 10.1 Å². The van der Waals surface area contributed by atoms with E-state index in [9.17, 15) is 9.59 Å². The maximum atomic E-state index is 13.2. The number of carbonyl (C=O) groups excluding carboxylic acids is 2. The Kier molecular flexibility index (Phi) is 8.83. The van der Waals surface area contributed by atoms with Gasteiger partial charge in [-0.2, -0.15) is 0 Å². The number of nitrogens with zero attached hydrogens (tertiary/aromatic N) is 1. The van der Waals surface area contributed by atoms with Gasteiger partial charge in [0.1, 0.15) is 11.8 Å². The minimum atomic E-state index is -0.710. The van der Waals surface area contributed by atoms with Crippen molar-refractivity contribution in [2.75, 3.05) is 6.61 Å². The Morgan fingerprint density at radius 2 is 1.58 bits per heavy atom. The molecule has 2 aromatic rings. The predicted molar refractivity (Wildman–Crippen MR) is 135 cm³/mol. The van der Waals surface area contributed by atoms with E-state index in [1.54, 1.807) is 25.1 Å². The normalized spacial score (nSPS) is 12.8. The van der Waals surface area contributed by atoms with Gasteiger partial charge in [0, 0.05) is 12.1 Å². The lowest BCUT2D eigenvalue weighted by atomic mass is 9.87. The molecule has 0 aliphatic heterocycles. The zero-order valence-electron chi connectivity index (χ0n) is 20.5. The van der Waals surface area contributed by atoms with Crippen molar-refractivity contribution in [2.45, 2.75) is 72.0 Å². The number of hydrogen-bond donors (Lipinski definition) is 1. The van der Waals surface area contributed by atoms with Gasteiger partial charge in [0.15, 0.2) is 6.61 Å². The Morgan fingerprint density at radius 1 is 0.970 bits per heavy atom. The molecule has 1 N–H and O–H groups in total. The Balaban J connectivity index is 2.19. The second-order valence-electron chi connectivity index (χ2n) is 10.2. The smallest absolute Gasteiger partial charge is 0.261 e. The molecule has 0 heterocycles. The summed E-state index contributed by atoms with van der Waals surface area (Å²) in [4.78, 5) is 27.5. The molecule has 0 fully saturated rings. The number of amides is 2. The third-order valence-electron chi connectivity index (χ3n) is 5.09. The van der Waals surface area contributed by atoms with E-state index in [0.29, 0.717) is 15.8 Å². The molecule has 2 aromatic carbocycles. The van der Waals surface area contributed by atoms with Gasteiger partial charge in [0.2, 0.25) is 5.91 Å². The van der Waals surface area contributed by atoms with Crippen LogP contribution in [-0.2, 0) is 21.5 Å². The molecule has 0 spiro atoms. The van der Waals surface area contributed by atoms with Crippen molar-refractivity contribution in [3.05, 3.63) is 63.6 Å². The first kappa shape index (κ1) is 27.0. The molecule has 0 aliphatic carbocycles. The second kappa shape index (κ2) is 10.8. The van der Waals surface area contributed by atoms with E-state index in [2.05, 4.69) is 26.1 Å². The van der Waals surface area contributed by atoms with Gasteiger partial charge in [-0.05, 0) is 68.5 Å². The predicted octanol–water partition coefficient (Wildman–Crippen LogP) is 6.00. The monoisotopic (exact) mass is 492 g/mol. The molecule has 33 heavy (non-hydrogen) atoms. The maximum absolute atomic E-state index is 13.2. The first-order valence-electron chi connectivity index (χ1n) is 11.0. The van der Waals surface area contributed by atoms with Crippen LogP contribution in [0.2, 0.25) is 10.0 Å². The summed E-state index contributed by atoms with van der Waals surface area (Å²) in [5.41, 5.74) is 1.55. The fraction of sp³-hybridized carbons (Fsp3) is 0.462. The van der Waals surface area contributed by atoms with Crippen molar-refractivity contribution >= 4 is 35.0 Å². The molecule has 2 amide bonds. The molecule has 0 saturated heterocycles. The van der Waals surface area contributed by atoms with E-state index in [0.717, 1.165) is 5.56 Å². The average Bonchev–Trinajstić information content (AvgIpc) is 2.70. The van der Waals surface area contributed by atoms with Gasteiger partial charge >= 0.3 is 0 Å². The number of rotatable bonds is 7. The second-order valence-corrected chi connectivity index (χ2v) is 11.1. The molecule has 2 rings (SSSR count). The number of carbonyl (C=O) groups is 2. The first-order valence-corrected chi connectivity index (χ1v) is 11.7. The summed E-state index contributed by atoms with van der Waals surface area (Å²) in [6.45, 7) is 13.8. The van der Waals surface area contributed by atoms with Crippen LogP contribution in [0.3, 0.4) is 0 Å². The van der Waals surface area contributed by atoms with E-state index in [4.69, 9.17) is 27.9 Å². The highest BCUT2D eigenvalue weighted by Gasteiger charge is 2.29. The summed E-state index contributed by atoms with van der Waals surface area (Å²) in [6.07, 6.45) is 0. The summed E-state index contributed by atoms with van der Waals surface area (Å²) in [7, 11) is 0. The standard InChI is InChI=1S/C26H34Cl2N2O3/c1-17(24(32)29-26(5,6)7)30(15-18-8-13-21(27)22(28)14-18)23(31)16-33-20-11-9-19(10-12-20)25(2,3)4/h8-14,17H,15-16H2,1-7H3,(H,29,32)/t17-/m0/s1. The molecule has 0 unspecified atom stereocenters. The lowest BCUT2D eigenvalue weighted by Gasteiger charge is -2.31. The van der Waals surface area contributed by atoms with Crippen molar-refractivity contribution in [3.63, 3.8) is 0 Å². The van der Waals surface area contributed by atoms with Gasteiger partial charge in [0.05, 0.1) is 10.0 Å². The highest BCUT2D eigenvalue weighted by atomic mass is 35.5. The molecular weight excluding hydrogens is 459 g/mol. The topological polar surface area (TPSA) is 58.6 Å². The number of nitrogens with one attached hydrogen (secondary N) is 1. The minimum absolute atomic E-state index is 0.0286. The number of hydrogen-bond acceptors (Lipinski definition) is 3. The van der Waals surface area contributed by atoms with Crippen molar-refractivity contribution in [3.8, 4) is 5.75 Å². The Hall–Kier alpha value is -2.24. The van der Waals surface area contributed by atoms with Crippen LogP contribution in [0, 0.1) is 0 Å². The van der Waals surface area contributed by atoms with Gasteiger partial charge in [-0.25, -0.2) is 0 Å². The summed E-state index contributed by atoms with van der Waals surface area (Å²) >= 11 is 12.2. The largest absolute Gasteiger partial charge is 0.484 e. The molecule has 5 nitrogen and oxygen atoms in total. The summed E-state index contributed by atoms with van der Waals surface area (Å²) in [5.74, 6) is 0.0422. The van der Waals surface area contributed by atoms with Crippen LogP contribution in [0.4, 0.5) is 0 Å². The highest BCUT2D eigenvalue weighted by Crippen LogP contribution is 2.25. The summed E-state index contributed by atoms with van der Waals surface area (Å²) in [6, 6.07) is 12.1. The lowest BCUT2D eigenvalue weighted by molar-refractivity contribution is -0.142. The van der Waals surface area contributed by atoms with Crippen LogP contribution in [-0.4, -0.2) is 34.9 Å². The van der Waals surface area contributed by atoms with E-state index in [1.807, 2.05) is 45.0 Å². The highest BCUT2D eigenvalue weighted by molar-refractivity contribution is 6.42. The van der Waals surface area contributed by atoms with Crippen LogP contribution in [0.5, 0.6) is 5.75 Å². The molecule has 0 aliphatic rings. The number of halogens is 2. The minimum Gasteiger partial charge on any atom is -0.484 e. The van der Waals surface area contributed by atoms with Crippen LogP contribution in [0.25, 0.3) is 0 Å². The summed E-state index contributed by atoms with van der Waals surface area (Å²) in [5, 5.41) is 3.76. The van der Waals surface area contributed by atoms with Crippen LogP contribution >= 0.6 is 23.2 Å². The molecule has 180 valence electrons. The zero-order chi connectivity index (χ0) is 25.0. The Bertz CT molecular complexity index is 977. The van der Waals surface area contributed by atoms with Crippen molar-refractivity contribution in [1.82, 2.24) is 10.2 Å². The van der Waals surface area contributed by atoms with Crippen molar-refractivity contribution < 1.29 is 14.3 Å². The van der Waals surface area contributed by atoms with E-state index >= 15 is 0 Å². The fourth-order valence-electron chi connectivity index (χ4n) is 3.17. The molecule has 0 aromatic heterocycles. The Labute approximate surface area is 207 Å². The SMILES string of the molecule is C[C@@H](C(=O)NC(C)(C)C)N(Cc1ccc(Cl)c(Cl)c1)C(=O)COc1ccc(C(C)(C)C)cc1. The first-order chi connectivity index (χ1) is 15.2. The molecule has 1 atom stereocenters. The van der Waals surface area contributed by atoms with Gasteiger partial charge in [-0.3, -0.25) is 9.59 Å². The van der Waals surface area contributed by atoms with Gasteiger partial charge in [-0.15, -0.1) is 0 Å². The van der Waals surface area contributed by atoms with E-state index < -0.39 is 11.6 Å². The van der Waals surface area contributed by atoms with Gasteiger partial charge in [0.25, 0.3) is 5.91 Å². The third-order valence-corrected chi connectivity index (χ3v) is 5.82. The van der Waals surface area contributed by atoms with Crippen LogP contribution in [0.15, 0.2) is 42.5 Å². The third kappa shape index (κ3) is 8.24. The Morgan fingerprint density at radius 3 is 2.09 bits per heavy atom. The molecule has 0 radical (unpaired) electrons. The zero-order valence-corrected chi connectivity index (χ0v) is 22.0. The average molecular weight is 493 g/mol. The van der Waals surface area contributed by atoms with Gasteiger partial charge < -0.3 is 15.0 Å². The molecular formula is C26H34Cl2N2O3. The maximum Gasteiger partial charge on any atom is 0.261 e. The summed E-state index contributed by atoms with van der Waals surface area (Å²) < 4.78 is 5.76. The van der Waals surface area contributed by atoms with Gasteiger partial charge in [-0.1, -0.05) is 62.2 Å². The lowest BCUT2D eigenvalue weighted by Crippen LogP contribution is -2.53. The van der Waals surface area contributed by atoms with E-state index in [1.165, 1.54) is 10.5 Å². The van der Waals surface area contributed by atoms with Crippen LogP contribution in [0.1, 0.15) is 59.6 Å². The van der Waals surface area contributed by atoms with E-state index in [-0.39, 0.29) is 30.4 Å². The molecule has 0 saturated carbocycles. The number of ether oxygens (including phenoxy) is 1. The quantitative estimate of drug-likeness (QED) is 0.515. The van der Waals surface area contributed by atoms with Crippen molar-refractivity contribution in [1.29, 1.82) is 0 Å². The molecule has 0 bridgehead atoms. The number of benzene rings is 2.